The second-order valence-corrected chi connectivity index (χ2v) is 18.0. The Morgan fingerprint density at radius 2 is 0.882 bits per heavy atom. The summed E-state index contributed by atoms with van der Waals surface area (Å²) < 4.78 is 3.73. The summed E-state index contributed by atoms with van der Waals surface area (Å²) in [6.45, 7) is 8.38. The van der Waals surface area contributed by atoms with Crippen LogP contribution in [-0.4, -0.2) is 24.3 Å². The molecule has 0 aromatic heterocycles. The van der Waals surface area contributed by atoms with E-state index in [0.717, 1.165) is 5.56 Å². The zero-order valence-corrected chi connectivity index (χ0v) is 22.5. The molecule has 34 heavy (non-hydrogen) atoms. The van der Waals surface area contributed by atoms with Crippen LogP contribution in [0.25, 0.3) is 0 Å². The molecular formula is C31H32GeO2. The molecule has 0 amide bonds. The summed E-state index contributed by atoms with van der Waals surface area (Å²) in [6, 6.07) is 35.0. The first-order chi connectivity index (χ1) is 16.3. The van der Waals surface area contributed by atoms with E-state index < -0.39 is 19.2 Å². The van der Waals surface area contributed by atoms with Crippen LogP contribution in [0.5, 0.6) is 0 Å². The van der Waals surface area contributed by atoms with Crippen molar-refractivity contribution < 1.29 is 9.90 Å². The standard InChI is InChI=1S/C31H32GeO2/c1-22-5-13-26(14-6-22)30(21-31(33)34)32(27-15-7-23(2)8-16-27,28-17-9-24(3)10-18-28)29-19-11-25(4)12-20-29/h5-20,30H,21H2,1-4H3,(H,33,34). The van der Waals surface area contributed by atoms with Crippen LogP contribution in [0.3, 0.4) is 0 Å². The molecule has 3 heteroatoms. The minimum atomic E-state index is -3.58. The molecule has 0 radical (unpaired) electrons. The van der Waals surface area contributed by atoms with Gasteiger partial charge >= 0.3 is 206 Å². The number of aryl methyl sites for hydroxylation is 4. The van der Waals surface area contributed by atoms with Crippen molar-refractivity contribution >= 4 is 32.4 Å². The monoisotopic (exact) mass is 510 g/mol. The summed E-state index contributed by atoms with van der Waals surface area (Å²) in [5, 5.41) is 10.2. The Kier molecular flexibility index (Phi) is 7.09. The number of rotatable bonds is 7. The van der Waals surface area contributed by atoms with Crippen molar-refractivity contribution in [1.29, 1.82) is 0 Å². The Balaban J connectivity index is 2.13. The number of hydrogen-bond acceptors (Lipinski definition) is 1. The number of carbonyl (C=O) groups is 1. The molecule has 0 saturated carbocycles. The molecule has 4 aromatic carbocycles. The molecule has 0 aliphatic carbocycles. The maximum absolute atomic E-state index is 12.4. The molecule has 0 heterocycles. The Hall–Kier alpha value is -3.11. The Morgan fingerprint density at radius 3 is 1.18 bits per heavy atom. The van der Waals surface area contributed by atoms with Crippen LogP contribution in [-0.2, 0) is 4.79 Å². The molecule has 0 aliphatic heterocycles. The van der Waals surface area contributed by atoms with E-state index in [9.17, 15) is 9.90 Å². The Morgan fingerprint density at radius 1 is 0.588 bits per heavy atom. The first-order valence-corrected chi connectivity index (χ1v) is 16.2. The molecule has 0 spiro atoms. The van der Waals surface area contributed by atoms with Gasteiger partial charge in [0.15, 0.2) is 0 Å². The number of hydrogen-bond donors (Lipinski definition) is 1. The number of carboxylic acids is 1. The van der Waals surface area contributed by atoms with Crippen molar-refractivity contribution in [2.75, 3.05) is 0 Å². The molecule has 0 saturated heterocycles. The predicted molar refractivity (Wildman–Crippen MR) is 144 cm³/mol. The number of benzene rings is 4. The van der Waals surface area contributed by atoms with Crippen molar-refractivity contribution in [3.63, 3.8) is 0 Å². The molecular weight excluding hydrogens is 477 g/mol. The molecule has 4 aromatic rings. The molecule has 0 bridgehead atoms. The zero-order chi connectivity index (χ0) is 24.3. The van der Waals surface area contributed by atoms with E-state index in [4.69, 9.17) is 0 Å². The minimum absolute atomic E-state index is 0.0959. The van der Waals surface area contributed by atoms with Crippen molar-refractivity contribution in [3.05, 3.63) is 125 Å². The van der Waals surface area contributed by atoms with Crippen molar-refractivity contribution in [2.24, 2.45) is 0 Å². The fourth-order valence-electron chi connectivity index (χ4n) is 5.05. The fourth-order valence-corrected chi connectivity index (χ4v) is 16.5. The molecule has 1 N–H and O–H groups in total. The van der Waals surface area contributed by atoms with Gasteiger partial charge in [-0.3, -0.25) is 0 Å². The van der Waals surface area contributed by atoms with Crippen LogP contribution in [0, 0.1) is 27.7 Å². The van der Waals surface area contributed by atoms with Crippen LogP contribution < -0.4 is 13.2 Å². The van der Waals surface area contributed by atoms with Gasteiger partial charge in [-0.1, -0.05) is 0 Å². The topological polar surface area (TPSA) is 37.3 Å². The van der Waals surface area contributed by atoms with Gasteiger partial charge in [0.2, 0.25) is 0 Å². The SMILES string of the molecule is Cc1ccc([CH](CC(=O)O)[Ge]([c]2ccc(C)cc2)([c]2ccc(C)cc2)[c]2ccc(C)cc2)cc1. The van der Waals surface area contributed by atoms with Crippen LogP contribution >= 0.6 is 0 Å². The van der Waals surface area contributed by atoms with E-state index in [1.807, 2.05) is 0 Å². The summed E-state index contributed by atoms with van der Waals surface area (Å²) >= 11 is -3.58. The second-order valence-electron chi connectivity index (χ2n) is 9.47. The van der Waals surface area contributed by atoms with E-state index in [-0.39, 0.29) is 11.2 Å². The van der Waals surface area contributed by atoms with Crippen LogP contribution in [0.4, 0.5) is 0 Å². The second kappa shape index (κ2) is 10.0. The van der Waals surface area contributed by atoms with Gasteiger partial charge in [0, 0.05) is 0 Å². The van der Waals surface area contributed by atoms with Gasteiger partial charge < -0.3 is 0 Å². The van der Waals surface area contributed by atoms with E-state index in [1.54, 1.807) is 0 Å². The third-order valence-electron chi connectivity index (χ3n) is 6.90. The first kappa shape index (κ1) is 24.0. The summed E-state index contributed by atoms with van der Waals surface area (Å²) in [5.41, 5.74) is 5.90. The number of aliphatic carboxylic acids is 1. The molecule has 4 rings (SSSR count). The first-order valence-electron chi connectivity index (χ1n) is 11.8. The van der Waals surface area contributed by atoms with Gasteiger partial charge in [-0.2, -0.15) is 0 Å². The quantitative estimate of drug-likeness (QED) is 0.349. The summed E-state index contributed by atoms with van der Waals surface area (Å²) in [5.74, 6) is -0.757. The predicted octanol–water partition coefficient (Wildman–Crippen LogP) is 5.19. The molecule has 2 nitrogen and oxygen atoms in total. The van der Waals surface area contributed by atoms with E-state index >= 15 is 0 Å². The van der Waals surface area contributed by atoms with Crippen LogP contribution in [0.2, 0.25) is 0 Å². The van der Waals surface area contributed by atoms with Crippen molar-refractivity contribution in [1.82, 2.24) is 0 Å². The van der Waals surface area contributed by atoms with E-state index in [2.05, 4.69) is 125 Å². The molecule has 0 fully saturated rings. The molecule has 0 aliphatic rings. The average Bonchev–Trinajstić information content (AvgIpc) is 2.82. The van der Waals surface area contributed by atoms with Crippen LogP contribution in [0.15, 0.2) is 97.1 Å². The Labute approximate surface area is 205 Å². The molecule has 1 unspecified atom stereocenters. The molecule has 172 valence electrons. The van der Waals surface area contributed by atoms with E-state index in [1.165, 1.54) is 35.4 Å². The summed E-state index contributed by atoms with van der Waals surface area (Å²) in [7, 11) is 0. The van der Waals surface area contributed by atoms with Crippen LogP contribution in [0.1, 0.15) is 39.0 Å². The van der Waals surface area contributed by atoms with Crippen molar-refractivity contribution in [3.8, 4) is 0 Å². The Bertz CT molecular complexity index is 1140. The number of carboxylic acid groups (broad SMARTS) is 1. The third kappa shape index (κ3) is 4.74. The van der Waals surface area contributed by atoms with Gasteiger partial charge in [-0.25, -0.2) is 0 Å². The zero-order valence-electron chi connectivity index (χ0n) is 20.4. The summed E-state index contributed by atoms with van der Waals surface area (Å²) in [6.07, 6.45) is 0.0959. The maximum atomic E-state index is 12.4. The summed E-state index contributed by atoms with van der Waals surface area (Å²) in [4.78, 5) is 12.4. The average molecular weight is 509 g/mol. The van der Waals surface area contributed by atoms with Gasteiger partial charge in [0.05, 0.1) is 0 Å². The fraction of sp³-hybridized carbons (Fsp3) is 0.194. The van der Waals surface area contributed by atoms with Gasteiger partial charge in [-0.05, 0) is 0 Å². The van der Waals surface area contributed by atoms with Gasteiger partial charge in [0.25, 0.3) is 0 Å². The van der Waals surface area contributed by atoms with E-state index in [0.29, 0.717) is 0 Å². The van der Waals surface area contributed by atoms with Gasteiger partial charge in [-0.15, -0.1) is 0 Å². The van der Waals surface area contributed by atoms with Gasteiger partial charge in [0.1, 0.15) is 0 Å². The third-order valence-corrected chi connectivity index (χ3v) is 18.1. The molecule has 1 atom stereocenters. The van der Waals surface area contributed by atoms with Crippen molar-refractivity contribution in [2.45, 2.75) is 38.9 Å². The normalized spacial score (nSPS) is 12.4.